The summed E-state index contributed by atoms with van der Waals surface area (Å²) in [6.45, 7) is 7.69. The van der Waals surface area contributed by atoms with Gasteiger partial charge in [-0.1, -0.05) is 48.0 Å². The Kier molecular flexibility index (Phi) is 4.26. The molecule has 1 heterocycles. The molecule has 152 valence electrons. The molecule has 2 aliphatic rings. The number of aliphatic hydroxyl groups is 1. The molecule has 0 saturated carbocycles. The molecule has 0 radical (unpaired) electrons. The quantitative estimate of drug-likeness (QED) is 0.447. The van der Waals surface area contributed by atoms with E-state index < -0.39 is 0 Å². The second kappa shape index (κ2) is 6.88. The highest BCUT2D eigenvalue weighted by Crippen LogP contribution is 2.21. The molecule has 1 N–H and O–H groups in total. The molecule has 0 fully saturated rings. The van der Waals surface area contributed by atoms with Crippen LogP contribution in [0.2, 0.25) is 0 Å². The van der Waals surface area contributed by atoms with Crippen molar-refractivity contribution < 1.29 is 5.11 Å². The van der Waals surface area contributed by atoms with E-state index >= 15 is 0 Å². The molecule has 0 aromatic heterocycles. The van der Waals surface area contributed by atoms with Crippen LogP contribution in [-0.2, 0) is 0 Å². The summed E-state index contributed by atoms with van der Waals surface area (Å²) in [4.78, 5) is 23.0. The molecular weight excluding hydrogens is 384 g/mol. The minimum Gasteiger partial charge on any atom is -0.512 e. The topological polar surface area (TPSA) is 62.6 Å². The van der Waals surface area contributed by atoms with Crippen LogP contribution in [0, 0.1) is 31.2 Å². The summed E-state index contributed by atoms with van der Waals surface area (Å²) in [5, 5.41) is 15.0. The van der Waals surface area contributed by atoms with Gasteiger partial charge < -0.3 is 5.11 Å². The Bertz CT molecular complexity index is 1750. The summed E-state index contributed by atoms with van der Waals surface area (Å²) < 4.78 is 0. The molecule has 0 atom stereocenters. The molecule has 4 heteroatoms. The van der Waals surface area contributed by atoms with Gasteiger partial charge in [0.15, 0.2) is 10.9 Å². The minimum absolute atomic E-state index is 0.0180. The first kappa shape index (κ1) is 19.2. The van der Waals surface area contributed by atoms with Crippen molar-refractivity contribution in [1.29, 1.82) is 0 Å². The van der Waals surface area contributed by atoms with Gasteiger partial charge >= 0.3 is 0 Å². The largest absolute Gasteiger partial charge is 0.512 e. The normalized spacial score (nSPS) is 13.5. The van der Waals surface area contributed by atoms with Gasteiger partial charge in [0.1, 0.15) is 5.76 Å². The Hall–Kier alpha value is -3.79. The van der Waals surface area contributed by atoms with Crippen molar-refractivity contribution in [2.45, 2.75) is 27.7 Å². The number of hydrogen-bond acceptors (Lipinski definition) is 4. The molecule has 0 spiro atoms. The predicted molar refractivity (Wildman–Crippen MR) is 125 cm³/mol. The van der Waals surface area contributed by atoms with E-state index in [4.69, 9.17) is 9.98 Å². The maximum absolute atomic E-state index is 13.2. The summed E-state index contributed by atoms with van der Waals surface area (Å²) in [6.07, 6.45) is 0. The molecule has 0 bridgehead atoms. The van der Waals surface area contributed by atoms with Crippen LogP contribution in [-0.4, -0.2) is 10.1 Å². The molecule has 0 amide bonds. The van der Waals surface area contributed by atoms with Gasteiger partial charge in [-0.2, -0.15) is 0 Å². The SMILES string of the molecule is C/C(O)=c1\c(=Nc2ccc(C)cc2C)nc2c(C)ccc3c2=c1c1ccccc1c3=O. The molecule has 3 aromatic rings. The first-order chi connectivity index (χ1) is 14.9. The van der Waals surface area contributed by atoms with Gasteiger partial charge in [0, 0.05) is 21.2 Å². The van der Waals surface area contributed by atoms with Crippen molar-refractivity contribution >= 4 is 33.1 Å². The maximum atomic E-state index is 13.2. The fourth-order valence-electron chi connectivity index (χ4n) is 4.46. The molecule has 3 aromatic carbocycles. The predicted octanol–water partition coefficient (Wildman–Crippen LogP) is 4.47. The Morgan fingerprint density at radius 3 is 2.32 bits per heavy atom. The zero-order valence-corrected chi connectivity index (χ0v) is 17.9. The van der Waals surface area contributed by atoms with Crippen molar-refractivity contribution in [3.63, 3.8) is 0 Å². The summed E-state index contributed by atoms with van der Waals surface area (Å²) >= 11 is 0. The minimum atomic E-state index is -0.0180. The third-order valence-corrected chi connectivity index (χ3v) is 5.95. The lowest BCUT2D eigenvalue weighted by molar-refractivity contribution is 0.497. The van der Waals surface area contributed by atoms with Crippen LogP contribution < -0.4 is 16.1 Å². The van der Waals surface area contributed by atoms with E-state index in [0.717, 1.165) is 43.7 Å². The summed E-state index contributed by atoms with van der Waals surface area (Å²) in [7, 11) is 0. The third-order valence-electron chi connectivity index (χ3n) is 5.95. The molecular formula is C27H22N2O2. The molecule has 0 saturated heterocycles. The first-order valence-corrected chi connectivity index (χ1v) is 10.3. The molecule has 0 unspecified atom stereocenters. The molecule has 31 heavy (non-hydrogen) atoms. The Balaban J connectivity index is 2.18. The lowest BCUT2D eigenvalue weighted by Gasteiger charge is -2.10. The van der Waals surface area contributed by atoms with Crippen LogP contribution in [0.25, 0.3) is 27.4 Å². The number of fused-ring (bicyclic) bond motifs is 2. The molecule has 5 rings (SSSR count). The number of aliphatic hydroxyl groups excluding tert-OH is 1. The first-order valence-electron chi connectivity index (χ1n) is 10.3. The summed E-state index contributed by atoms with van der Waals surface area (Å²) in [6, 6.07) is 17.4. The lowest BCUT2D eigenvalue weighted by Crippen LogP contribution is -2.33. The van der Waals surface area contributed by atoms with Gasteiger partial charge in [-0.05, 0) is 56.3 Å². The number of aromatic nitrogens is 1. The second-order valence-electron chi connectivity index (χ2n) is 8.20. The van der Waals surface area contributed by atoms with Crippen LogP contribution in [0.3, 0.4) is 0 Å². The average molecular weight is 406 g/mol. The van der Waals surface area contributed by atoms with Crippen molar-refractivity contribution in [3.05, 3.63) is 103 Å². The van der Waals surface area contributed by atoms with E-state index in [1.165, 1.54) is 0 Å². The monoisotopic (exact) mass is 406 g/mol. The van der Waals surface area contributed by atoms with Gasteiger partial charge in [-0.25, -0.2) is 9.98 Å². The van der Waals surface area contributed by atoms with Crippen molar-refractivity contribution in [2.75, 3.05) is 0 Å². The van der Waals surface area contributed by atoms with Crippen LogP contribution in [0.5, 0.6) is 0 Å². The van der Waals surface area contributed by atoms with E-state index in [1.54, 1.807) is 6.92 Å². The highest BCUT2D eigenvalue weighted by Gasteiger charge is 2.14. The fraction of sp³-hybridized carbons (Fsp3) is 0.148. The standard InChI is InChI=1S/C27H22N2O2/c1-14-9-12-21(16(3)13-14)28-27-22(17(4)30)23-18-7-5-6-8-19(18)26(31)20-11-10-15(2)25(29-27)24(20)23/h5-13,30H,1-4H3/b22-17+,28-27?. The fourth-order valence-corrected chi connectivity index (χ4v) is 4.46. The number of nitrogens with zero attached hydrogens (tertiary/aromatic N) is 2. The van der Waals surface area contributed by atoms with Crippen LogP contribution >= 0.6 is 0 Å². The highest BCUT2D eigenvalue weighted by molar-refractivity contribution is 5.90. The van der Waals surface area contributed by atoms with E-state index in [-0.39, 0.29) is 11.2 Å². The van der Waals surface area contributed by atoms with Crippen molar-refractivity contribution in [1.82, 2.24) is 4.98 Å². The maximum Gasteiger partial charge on any atom is 0.194 e. The van der Waals surface area contributed by atoms with Gasteiger partial charge in [-0.3, -0.25) is 4.79 Å². The van der Waals surface area contributed by atoms with Gasteiger partial charge in [0.05, 0.1) is 16.4 Å². The van der Waals surface area contributed by atoms with E-state index in [9.17, 15) is 9.90 Å². The lowest BCUT2D eigenvalue weighted by atomic mass is 9.97. The number of aryl methyl sites for hydroxylation is 3. The Morgan fingerprint density at radius 2 is 1.61 bits per heavy atom. The second-order valence-corrected chi connectivity index (χ2v) is 8.20. The van der Waals surface area contributed by atoms with E-state index in [0.29, 0.717) is 21.5 Å². The zero-order valence-electron chi connectivity index (χ0n) is 17.9. The van der Waals surface area contributed by atoms with Crippen molar-refractivity contribution in [3.8, 4) is 0 Å². The Labute approximate surface area is 178 Å². The van der Waals surface area contributed by atoms with Crippen molar-refractivity contribution in [2.24, 2.45) is 4.99 Å². The van der Waals surface area contributed by atoms with Crippen LogP contribution in [0.1, 0.15) is 23.6 Å². The number of rotatable bonds is 1. The summed E-state index contributed by atoms with van der Waals surface area (Å²) in [5.41, 5.74) is 5.15. The van der Waals surface area contributed by atoms with Crippen LogP contribution in [0.15, 0.2) is 64.4 Å². The molecule has 1 aliphatic heterocycles. The molecule has 1 aliphatic carbocycles. The average Bonchev–Trinajstić information content (AvgIpc) is 2.74. The zero-order chi connectivity index (χ0) is 21.9. The van der Waals surface area contributed by atoms with Gasteiger partial charge in [0.25, 0.3) is 0 Å². The highest BCUT2D eigenvalue weighted by atomic mass is 16.3. The molecule has 4 nitrogen and oxygen atoms in total. The summed E-state index contributed by atoms with van der Waals surface area (Å²) in [5.74, 6) is 0.129. The Morgan fingerprint density at radius 1 is 0.871 bits per heavy atom. The smallest absolute Gasteiger partial charge is 0.194 e. The number of benzene rings is 3. The third kappa shape index (κ3) is 2.87. The number of hydrogen-bond donors (Lipinski definition) is 1. The van der Waals surface area contributed by atoms with E-state index in [2.05, 4.69) is 6.07 Å². The van der Waals surface area contributed by atoms with Gasteiger partial charge in [-0.15, -0.1) is 0 Å². The van der Waals surface area contributed by atoms with E-state index in [1.807, 2.05) is 69.3 Å². The van der Waals surface area contributed by atoms with Crippen LogP contribution in [0.4, 0.5) is 5.69 Å². The van der Waals surface area contributed by atoms with Gasteiger partial charge in [0.2, 0.25) is 0 Å².